The van der Waals surface area contributed by atoms with Gasteiger partial charge in [0, 0.05) is 41.5 Å². The van der Waals surface area contributed by atoms with E-state index >= 15 is 0 Å². The summed E-state index contributed by atoms with van der Waals surface area (Å²) < 4.78 is 0. The summed E-state index contributed by atoms with van der Waals surface area (Å²) in [5.41, 5.74) is 3.80. The molecule has 0 unspecified atom stereocenters. The lowest BCUT2D eigenvalue weighted by Crippen LogP contribution is -2.28. The number of benzene rings is 2. The summed E-state index contributed by atoms with van der Waals surface area (Å²) in [7, 11) is 0. The fraction of sp³-hybridized carbons (Fsp3) is 0.333. The summed E-state index contributed by atoms with van der Waals surface area (Å²) in [6, 6.07) is 10.6. The van der Waals surface area contributed by atoms with Gasteiger partial charge < -0.3 is 15.3 Å². The Kier molecular flexibility index (Phi) is 9.75. The molecule has 0 bridgehead atoms. The Bertz CT molecular complexity index is 1180. The lowest BCUT2D eigenvalue weighted by atomic mass is 10.2. The average Bonchev–Trinajstić information content (AvgIpc) is 2.86. The molecular weight excluding hydrogens is 484 g/mol. The van der Waals surface area contributed by atoms with Gasteiger partial charge in [0.05, 0.1) is 11.1 Å². The number of aromatic nitrogens is 3. The Morgan fingerprint density at radius 3 is 2.36 bits per heavy atom. The lowest BCUT2D eigenvalue weighted by Gasteiger charge is -2.23. The molecule has 0 saturated heterocycles. The first-order chi connectivity index (χ1) is 17.4. The van der Waals surface area contributed by atoms with Crippen molar-refractivity contribution in [1.29, 1.82) is 0 Å². The number of nitro benzene ring substituents is 1. The van der Waals surface area contributed by atoms with E-state index in [4.69, 9.17) is 11.6 Å². The molecule has 190 valence electrons. The minimum atomic E-state index is -0.456. The first-order valence-corrected chi connectivity index (χ1v) is 12.1. The van der Waals surface area contributed by atoms with E-state index in [1.54, 1.807) is 24.3 Å². The first-order valence-electron chi connectivity index (χ1n) is 11.7. The molecule has 1 aromatic heterocycles. The highest BCUT2D eigenvalue weighted by Gasteiger charge is 2.14. The Morgan fingerprint density at radius 1 is 1.06 bits per heavy atom. The highest BCUT2D eigenvalue weighted by Crippen LogP contribution is 2.22. The zero-order valence-electron chi connectivity index (χ0n) is 20.2. The van der Waals surface area contributed by atoms with Crippen LogP contribution in [0.25, 0.3) is 0 Å². The molecule has 0 aliphatic rings. The summed E-state index contributed by atoms with van der Waals surface area (Å²) in [4.78, 5) is 26.1. The van der Waals surface area contributed by atoms with Gasteiger partial charge in [-0.05, 0) is 43.2 Å². The van der Waals surface area contributed by atoms with E-state index in [1.165, 1.54) is 24.4 Å². The number of nitrogens with zero attached hydrogens (tertiary/aromatic N) is 6. The van der Waals surface area contributed by atoms with Crippen LogP contribution >= 0.6 is 11.6 Å². The molecule has 12 heteroatoms. The predicted molar refractivity (Wildman–Crippen MR) is 143 cm³/mol. The second kappa shape index (κ2) is 13.2. The van der Waals surface area contributed by atoms with Gasteiger partial charge in [0.25, 0.3) is 5.69 Å². The van der Waals surface area contributed by atoms with Crippen molar-refractivity contribution < 1.29 is 10.0 Å². The van der Waals surface area contributed by atoms with Crippen LogP contribution in [0.3, 0.4) is 0 Å². The number of phenols is 1. The number of rotatable bonds is 13. The lowest BCUT2D eigenvalue weighted by molar-refractivity contribution is -0.384. The van der Waals surface area contributed by atoms with Crippen molar-refractivity contribution in [2.75, 3.05) is 28.7 Å². The molecule has 0 saturated carbocycles. The number of phenolic OH excluding ortho intramolecular Hbond substituents is 1. The zero-order chi connectivity index (χ0) is 25.9. The van der Waals surface area contributed by atoms with Crippen molar-refractivity contribution in [1.82, 2.24) is 15.0 Å². The summed E-state index contributed by atoms with van der Waals surface area (Å²) in [5.74, 6) is 0.974. The Balaban J connectivity index is 1.90. The summed E-state index contributed by atoms with van der Waals surface area (Å²) in [5, 5.41) is 28.6. The third-order valence-electron chi connectivity index (χ3n) is 5.16. The molecule has 0 aliphatic carbocycles. The fourth-order valence-corrected chi connectivity index (χ4v) is 3.39. The van der Waals surface area contributed by atoms with Gasteiger partial charge in [-0.2, -0.15) is 20.1 Å². The van der Waals surface area contributed by atoms with Crippen molar-refractivity contribution >= 4 is 47.0 Å². The largest absolute Gasteiger partial charge is 0.507 e. The normalized spacial score (nSPS) is 11.0. The smallest absolute Gasteiger partial charge is 0.269 e. The highest BCUT2D eigenvalue weighted by atomic mass is 35.5. The second-order valence-electron chi connectivity index (χ2n) is 7.98. The van der Waals surface area contributed by atoms with Crippen LogP contribution < -0.4 is 15.6 Å². The Morgan fingerprint density at radius 2 is 1.72 bits per heavy atom. The van der Waals surface area contributed by atoms with E-state index in [2.05, 4.69) is 49.5 Å². The Hall–Kier alpha value is -3.99. The number of anilines is 4. The number of halogens is 1. The van der Waals surface area contributed by atoms with E-state index in [0.717, 1.165) is 38.8 Å². The van der Waals surface area contributed by atoms with Gasteiger partial charge in [0.1, 0.15) is 5.75 Å². The van der Waals surface area contributed by atoms with Gasteiger partial charge in [0.15, 0.2) is 0 Å². The molecular formula is C24H29ClN8O3. The quantitative estimate of drug-likeness (QED) is 0.148. The van der Waals surface area contributed by atoms with Crippen LogP contribution in [-0.4, -0.2) is 44.3 Å². The van der Waals surface area contributed by atoms with E-state index < -0.39 is 4.92 Å². The topological polar surface area (TPSA) is 142 Å². The van der Waals surface area contributed by atoms with Crippen molar-refractivity contribution in [3.8, 4) is 5.75 Å². The van der Waals surface area contributed by atoms with Crippen LogP contribution in [-0.2, 0) is 0 Å². The van der Waals surface area contributed by atoms with Gasteiger partial charge in [-0.3, -0.25) is 10.1 Å². The molecule has 0 spiro atoms. The molecule has 3 aromatic rings. The number of hydrogen-bond donors (Lipinski definition) is 3. The van der Waals surface area contributed by atoms with Gasteiger partial charge in [-0.15, -0.1) is 0 Å². The van der Waals surface area contributed by atoms with Gasteiger partial charge in [0.2, 0.25) is 17.8 Å². The standard InChI is InChI=1S/C24H29ClN8O3/c1-3-5-13-32(14-6-4-2)24-29-22(27-19-8-10-20(11-9-19)33(35)36)28-23(30-24)31-26-16-17-15-18(25)7-12-21(17)34/h7-12,15-16,34H,3-6,13-14H2,1-2H3,(H2,27,28,29,30,31). The first kappa shape index (κ1) is 26.6. The van der Waals surface area contributed by atoms with E-state index in [9.17, 15) is 15.2 Å². The third kappa shape index (κ3) is 7.77. The van der Waals surface area contributed by atoms with Crippen LogP contribution in [0.4, 0.5) is 29.2 Å². The molecule has 36 heavy (non-hydrogen) atoms. The van der Waals surface area contributed by atoms with Crippen molar-refractivity contribution in [3.05, 3.63) is 63.2 Å². The predicted octanol–water partition coefficient (Wildman–Crippen LogP) is 5.74. The van der Waals surface area contributed by atoms with E-state index in [1.807, 2.05) is 0 Å². The molecule has 0 radical (unpaired) electrons. The fourth-order valence-electron chi connectivity index (χ4n) is 3.21. The number of nitro groups is 1. The highest BCUT2D eigenvalue weighted by molar-refractivity contribution is 6.30. The molecule has 11 nitrogen and oxygen atoms in total. The van der Waals surface area contributed by atoms with E-state index in [-0.39, 0.29) is 23.3 Å². The molecule has 1 heterocycles. The zero-order valence-corrected chi connectivity index (χ0v) is 20.9. The van der Waals surface area contributed by atoms with Crippen LogP contribution in [0.15, 0.2) is 47.6 Å². The molecule has 0 amide bonds. The number of non-ortho nitro benzene ring substituents is 1. The number of nitrogens with one attached hydrogen (secondary N) is 2. The maximum Gasteiger partial charge on any atom is 0.269 e. The molecule has 0 fully saturated rings. The minimum absolute atomic E-state index is 0.0110. The SMILES string of the molecule is CCCCN(CCCC)c1nc(NN=Cc2cc(Cl)ccc2O)nc(Nc2ccc([N+](=O)[O-])cc2)n1. The van der Waals surface area contributed by atoms with Crippen LogP contribution in [0.2, 0.25) is 5.02 Å². The molecule has 0 atom stereocenters. The van der Waals surface area contributed by atoms with Crippen molar-refractivity contribution in [2.45, 2.75) is 39.5 Å². The Labute approximate surface area is 214 Å². The molecule has 3 N–H and O–H groups in total. The number of hydrazone groups is 1. The molecule has 2 aromatic carbocycles. The summed E-state index contributed by atoms with van der Waals surface area (Å²) >= 11 is 6.00. The number of aromatic hydroxyl groups is 1. The molecule has 0 aliphatic heterocycles. The van der Waals surface area contributed by atoms with Crippen LogP contribution in [0.1, 0.15) is 45.1 Å². The van der Waals surface area contributed by atoms with Gasteiger partial charge in [-0.1, -0.05) is 38.3 Å². The maximum atomic E-state index is 11.0. The number of hydrogen-bond acceptors (Lipinski definition) is 10. The summed E-state index contributed by atoms with van der Waals surface area (Å²) in [6.07, 6.45) is 5.44. The average molecular weight is 513 g/mol. The summed E-state index contributed by atoms with van der Waals surface area (Å²) in [6.45, 7) is 5.83. The number of unbranched alkanes of at least 4 members (excludes halogenated alkanes) is 2. The van der Waals surface area contributed by atoms with Gasteiger partial charge in [-0.25, -0.2) is 5.43 Å². The van der Waals surface area contributed by atoms with Crippen LogP contribution in [0, 0.1) is 10.1 Å². The second-order valence-corrected chi connectivity index (χ2v) is 8.42. The van der Waals surface area contributed by atoms with Crippen molar-refractivity contribution in [2.24, 2.45) is 5.10 Å². The minimum Gasteiger partial charge on any atom is -0.507 e. The van der Waals surface area contributed by atoms with E-state index in [0.29, 0.717) is 22.2 Å². The van der Waals surface area contributed by atoms with Crippen molar-refractivity contribution in [3.63, 3.8) is 0 Å². The third-order valence-corrected chi connectivity index (χ3v) is 5.40. The maximum absolute atomic E-state index is 11.0. The van der Waals surface area contributed by atoms with Crippen LogP contribution in [0.5, 0.6) is 5.75 Å². The van der Waals surface area contributed by atoms with Gasteiger partial charge >= 0.3 is 0 Å². The molecule has 3 rings (SSSR count). The monoisotopic (exact) mass is 512 g/mol.